The molecule has 30 heavy (non-hydrogen) atoms. The molecule has 2 N–H and O–H groups in total. The molecule has 1 aliphatic rings. The third-order valence-corrected chi connectivity index (χ3v) is 6.44. The Labute approximate surface area is 178 Å². The number of terminal acetylenes is 1. The van der Waals surface area contributed by atoms with Crippen molar-refractivity contribution in [2.45, 2.75) is 11.4 Å². The molecule has 8 heteroatoms. The van der Waals surface area contributed by atoms with Gasteiger partial charge < -0.3 is 15.1 Å². The minimum Gasteiger partial charge on any atom is -0.369 e. The van der Waals surface area contributed by atoms with Gasteiger partial charge in [0.25, 0.3) is 5.91 Å². The van der Waals surface area contributed by atoms with Crippen molar-refractivity contribution < 1.29 is 13.2 Å². The van der Waals surface area contributed by atoms with Crippen molar-refractivity contribution in [3.05, 3.63) is 59.7 Å². The van der Waals surface area contributed by atoms with Crippen molar-refractivity contribution in [1.29, 1.82) is 0 Å². The number of sulfonamides is 1. The molecule has 158 valence electrons. The van der Waals surface area contributed by atoms with Crippen LogP contribution in [0.1, 0.15) is 15.9 Å². The number of likely N-dealkylation sites (N-methyl/N-ethyl adjacent to an activating group) is 1. The maximum Gasteiger partial charge on any atom is 0.251 e. The van der Waals surface area contributed by atoms with Crippen LogP contribution in [-0.4, -0.2) is 59.0 Å². The standard InChI is InChI=1S/C22H26N4O3S/c1-3-11-24-30(28,29)20-9-6-8-18(16-20)22(27)23-17-19-7-4-5-10-21(19)26-14-12-25(2)13-15-26/h1,4-10,16,24H,11-15,17H2,2H3,(H,23,27). The molecular weight excluding hydrogens is 400 g/mol. The molecule has 0 atom stereocenters. The van der Waals surface area contributed by atoms with E-state index in [1.807, 2.05) is 18.2 Å². The summed E-state index contributed by atoms with van der Waals surface area (Å²) in [6.45, 7) is 4.11. The first kappa shape index (κ1) is 21.8. The van der Waals surface area contributed by atoms with E-state index in [9.17, 15) is 13.2 Å². The van der Waals surface area contributed by atoms with Crippen LogP contribution in [0.4, 0.5) is 5.69 Å². The SMILES string of the molecule is C#CCNS(=O)(=O)c1cccc(C(=O)NCc2ccccc2N2CCN(C)CC2)c1. The summed E-state index contributed by atoms with van der Waals surface area (Å²) in [7, 11) is -1.64. The van der Waals surface area contributed by atoms with Gasteiger partial charge in [-0.15, -0.1) is 6.42 Å². The van der Waals surface area contributed by atoms with E-state index in [-0.39, 0.29) is 22.9 Å². The fourth-order valence-corrected chi connectivity index (χ4v) is 4.30. The number of carbonyl (C=O) groups is 1. The van der Waals surface area contributed by atoms with Crippen molar-refractivity contribution in [3.8, 4) is 12.3 Å². The molecule has 2 aromatic rings. The van der Waals surface area contributed by atoms with Crippen molar-refractivity contribution >= 4 is 21.6 Å². The largest absolute Gasteiger partial charge is 0.369 e. The summed E-state index contributed by atoms with van der Waals surface area (Å²) in [5.41, 5.74) is 2.41. The molecule has 0 bridgehead atoms. The Hall–Kier alpha value is -2.86. The fraction of sp³-hybridized carbons (Fsp3) is 0.318. The minimum atomic E-state index is -3.75. The molecule has 2 aromatic carbocycles. The number of nitrogens with zero attached hydrogens (tertiary/aromatic N) is 2. The summed E-state index contributed by atoms with van der Waals surface area (Å²) in [6, 6.07) is 13.9. The Bertz CT molecular complexity index is 1040. The highest BCUT2D eigenvalue weighted by Gasteiger charge is 2.18. The average molecular weight is 427 g/mol. The van der Waals surface area contributed by atoms with Gasteiger partial charge in [0.05, 0.1) is 11.4 Å². The van der Waals surface area contributed by atoms with E-state index >= 15 is 0 Å². The van der Waals surface area contributed by atoms with Gasteiger partial charge in [0.1, 0.15) is 0 Å². The van der Waals surface area contributed by atoms with Crippen molar-refractivity contribution in [2.75, 3.05) is 44.7 Å². The number of hydrogen-bond donors (Lipinski definition) is 2. The highest BCUT2D eigenvalue weighted by molar-refractivity contribution is 7.89. The Morgan fingerprint density at radius 3 is 2.57 bits per heavy atom. The Morgan fingerprint density at radius 1 is 1.10 bits per heavy atom. The number of hydrogen-bond acceptors (Lipinski definition) is 5. The average Bonchev–Trinajstić information content (AvgIpc) is 2.77. The summed E-state index contributed by atoms with van der Waals surface area (Å²) in [5, 5.41) is 2.90. The molecule has 1 saturated heterocycles. The van der Waals surface area contributed by atoms with Crippen LogP contribution in [0.2, 0.25) is 0 Å². The predicted molar refractivity (Wildman–Crippen MR) is 118 cm³/mol. The summed E-state index contributed by atoms with van der Waals surface area (Å²) >= 11 is 0. The van der Waals surface area contributed by atoms with Crippen LogP contribution in [0.25, 0.3) is 0 Å². The molecule has 0 saturated carbocycles. The van der Waals surface area contributed by atoms with Gasteiger partial charge in [-0.3, -0.25) is 4.79 Å². The molecule has 0 unspecified atom stereocenters. The predicted octanol–water partition coefficient (Wildman–Crippen LogP) is 1.28. The van der Waals surface area contributed by atoms with E-state index in [0.717, 1.165) is 37.4 Å². The summed E-state index contributed by atoms with van der Waals surface area (Å²) < 4.78 is 26.8. The van der Waals surface area contributed by atoms with Crippen LogP contribution in [0.15, 0.2) is 53.4 Å². The molecule has 1 amide bonds. The fourth-order valence-electron chi connectivity index (χ4n) is 3.32. The van der Waals surface area contributed by atoms with Crippen LogP contribution in [0, 0.1) is 12.3 Å². The summed E-state index contributed by atoms with van der Waals surface area (Å²) in [4.78, 5) is 17.3. The topological polar surface area (TPSA) is 81.7 Å². The highest BCUT2D eigenvalue weighted by atomic mass is 32.2. The van der Waals surface area contributed by atoms with E-state index in [1.165, 1.54) is 18.2 Å². The van der Waals surface area contributed by atoms with Crippen LogP contribution in [-0.2, 0) is 16.6 Å². The quantitative estimate of drug-likeness (QED) is 0.652. The first-order valence-corrected chi connectivity index (χ1v) is 11.2. The molecule has 1 aliphatic heterocycles. The van der Waals surface area contributed by atoms with E-state index in [2.05, 4.69) is 38.9 Å². The van der Waals surface area contributed by atoms with Crippen LogP contribution in [0.5, 0.6) is 0 Å². The number of amides is 1. The third-order valence-electron chi connectivity index (χ3n) is 5.05. The number of benzene rings is 2. The summed E-state index contributed by atoms with van der Waals surface area (Å²) in [6.07, 6.45) is 5.11. The first-order valence-electron chi connectivity index (χ1n) is 9.73. The Morgan fingerprint density at radius 2 is 1.83 bits per heavy atom. The van der Waals surface area contributed by atoms with Crippen molar-refractivity contribution in [1.82, 2.24) is 14.9 Å². The second-order valence-electron chi connectivity index (χ2n) is 7.16. The number of rotatable bonds is 7. The lowest BCUT2D eigenvalue weighted by Gasteiger charge is -2.35. The van der Waals surface area contributed by atoms with Crippen LogP contribution >= 0.6 is 0 Å². The molecule has 7 nitrogen and oxygen atoms in total. The Kier molecular flexibility index (Phi) is 7.11. The van der Waals surface area contributed by atoms with Crippen molar-refractivity contribution in [2.24, 2.45) is 0 Å². The van der Waals surface area contributed by atoms with Gasteiger partial charge >= 0.3 is 0 Å². The lowest BCUT2D eigenvalue weighted by atomic mass is 10.1. The van der Waals surface area contributed by atoms with Gasteiger partial charge in [-0.25, -0.2) is 8.42 Å². The lowest BCUT2D eigenvalue weighted by Crippen LogP contribution is -2.45. The molecule has 0 aliphatic carbocycles. The Balaban J connectivity index is 1.70. The number of carbonyl (C=O) groups excluding carboxylic acids is 1. The van der Waals surface area contributed by atoms with Gasteiger partial charge in [0.2, 0.25) is 10.0 Å². The molecule has 1 fully saturated rings. The normalized spacial score (nSPS) is 14.9. The number of anilines is 1. The molecule has 0 radical (unpaired) electrons. The monoisotopic (exact) mass is 426 g/mol. The van der Waals surface area contributed by atoms with Crippen LogP contribution in [0.3, 0.4) is 0 Å². The zero-order valence-corrected chi connectivity index (χ0v) is 17.8. The lowest BCUT2D eigenvalue weighted by molar-refractivity contribution is 0.0950. The second kappa shape index (κ2) is 9.76. The summed E-state index contributed by atoms with van der Waals surface area (Å²) in [5.74, 6) is 1.89. The van der Waals surface area contributed by atoms with Gasteiger partial charge in [-0.2, -0.15) is 4.72 Å². The maximum atomic E-state index is 12.7. The molecular formula is C22H26N4O3S. The molecule has 0 spiro atoms. The number of para-hydroxylation sites is 1. The van der Waals surface area contributed by atoms with E-state index in [1.54, 1.807) is 6.07 Å². The zero-order chi connectivity index (χ0) is 21.6. The maximum absolute atomic E-state index is 12.7. The number of nitrogens with one attached hydrogen (secondary N) is 2. The van der Waals surface area contributed by atoms with Gasteiger partial charge in [0.15, 0.2) is 0 Å². The molecule has 3 rings (SSSR count). The number of piperazine rings is 1. The first-order chi connectivity index (χ1) is 14.4. The third kappa shape index (κ3) is 5.39. The van der Waals surface area contributed by atoms with Crippen LogP contribution < -0.4 is 14.9 Å². The van der Waals surface area contributed by atoms with Gasteiger partial charge in [-0.05, 0) is 36.9 Å². The van der Waals surface area contributed by atoms with Crippen molar-refractivity contribution in [3.63, 3.8) is 0 Å². The molecule has 0 aromatic heterocycles. The smallest absolute Gasteiger partial charge is 0.251 e. The van der Waals surface area contributed by atoms with E-state index < -0.39 is 10.0 Å². The zero-order valence-electron chi connectivity index (χ0n) is 17.0. The van der Waals surface area contributed by atoms with Gasteiger partial charge in [-0.1, -0.05) is 30.2 Å². The highest BCUT2D eigenvalue weighted by Crippen LogP contribution is 2.22. The van der Waals surface area contributed by atoms with E-state index in [4.69, 9.17) is 6.42 Å². The second-order valence-corrected chi connectivity index (χ2v) is 8.93. The minimum absolute atomic E-state index is 0.00300. The molecule has 1 heterocycles. The van der Waals surface area contributed by atoms with Gasteiger partial charge in [0, 0.05) is 44.0 Å². The van der Waals surface area contributed by atoms with E-state index in [0.29, 0.717) is 6.54 Å².